The number of nitrogens with two attached hydrogens (primary N) is 1. The number of hydrogen-bond donors (Lipinski definition) is 3. The second-order valence-electron chi connectivity index (χ2n) is 5.54. The van der Waals surface area contributed by atoms with Gasteiger partial charge in [0, 0.05) is 12.8 Å². The molecule has 0 bridgehead atoms. The van der Waals surface area contributed by atoms with Crippen molar-refractivity contribution in [1.82, 2.24) is 5.32 Å². The molecule has 2 amide bonds. The van der Waals surface area contributed by atoms with Gasteiger partial charge in [-0.2, -0.15) is 0 Å². The molecule has 5 nitrogen and oxygen atoms in total. The summed E-state index contributed by atoms with van der Waals surface area (Å²) in [6.45, 7) is 0. The fourth-order valence-corrected chi connectivity index (χ4v) is 2.35. The van der Waals surface area contributed by atoms with Crippen molar-refractivity contribution >= 4 is 11.8 Å². The maximum Gasteiger partial charge on any atom is 0.279 e. The molecule has 2 aromatic carbocycles. The summed E-state index contributed by atoms with van der Waals surface area (Å²) in [6.07, 6.45) is 0.892. The zero-order valence-electron chi connectivity index (χ0n) is 12.9. The Bertz CT molecular complexity index is 644. The Hall–Kier alpha value is -2.66. The number of hydrogen-bond acceptors (Lipinski definition) is 2. The van der Waals surface area contributed by atoms with E-state index in [9.17, 15) is 9.59 Å². The second-order valence-corrected chi connectivity index (χ2v) is 5.54. The number of carbonyl (C=O) groups excluding carboxylic acids is 2. The summed E-state index contributed by atoms with van der Waals surface area (Å²) in [5.74, 6) is -0.817. The lowest BCUT2D eigenvalue weighted by Crippen LogP contribution is -2.69. The Morgan fingerprint density at radius 1 is 0.913 bits per heavy atom. The van der Waals surface area contributed by atoms with Crippen molar-refractivity contribution in [3.8, 4) is 0 Å². The van der Waals surface area contributed by atoms with E-state index in [1.807, 2.05) is 60.7 Å². The molecular formula is C18H22N3O2+. The van der Waals surface area contributed by atoms with Crippen molar-refractivity contribution in [2.75, 3.05) is 0 Å². The summed E-state index contributed by atoms with van der Waals surface area (Å²) < 4.78 is 0. The van der Waals surface area contributed by atoms with Gasteiger partial charge < -0.3 is 16.8 Å². The highest BCUT2D eigenvalue weighted by molar-refractivity contribution is 5.88. The van der Waals surface area contributed by atoms with E-state index in [0.29, 0.717) is 12.8 Å². The topological polar surface area (TPSA) is 99.8 Å². The maximum atomic E-state index is 12.3. The van der Waals surface area contributed by atoms with E-state index in [4.69, 9.17) is 5.73 Å². The molecule has 2 rings (SSSR count). The number of nitrogens with one attached hydrogen (secondary N) is 1. The van der Waals surface area contributed by atoms with Gasteiger partial charge in [0.2, 0.25) is 5.91 Å². The van der Waals surface area contributed by atoms with E-state index >= 15 is 0 Å². The molecule has 2 atom stereocenters. The van der Waals surface area contributed by atoms with Gasteiger partial charge in [-0.3, -0.25) is 9.59 Å². The summed E-state index contributed by atoms with van der Waals surface area (Å²) in [5.41, 5.74) is 11.3. The molecule has 0 saturated heterocycles. The highest BCUT2D eigenvalue weighted by Gasteiger charge is 2.24. The number of amides is 2. The first-order valence-electron chi connectivity index (χ1n) is 7.57. The van der Waals surface area contributed by atoms with Crippen LogP contribution in [0.25, 0.3) is 0 Å². The Balaban J connectivity index is 1.96. The molecule has 6 N–H and O–H groups in total. The van der Waals surface area contributed by atoms with Gasteiger partial charge in [0.25, 0.3) is 5.91 Å². The summed E-state index contributed by atoms with van der Waals surface area (Å²) in [7, 11) is 0. The predicted octanol–water partition coefficient (Wildman–Crippen LogP) is 0.0524. The van der Waals surface area contributed by atoms with E-state index in [1.54, 1.807) is 0 Å². The SMILES string of the molecule is NC(=O)[C@@H](Cc1ccccc1)NC(=O)[C@H]([NH3+])Cc1ccccc1. The van der Waals surface area contributed by atoms with Crippen LogP contribution < -0.4 is 16.8 Å². The predicted molar refractivity (Wildman–Crippen MR) is 88.1 cm³/mol. The van der Waals surface area contributed by atoms with Gasteiger partial charge >= 0.3 is 0 Å². The van der Waals surface area contributed by atoms with E-state index in [2.05, 4.69) is 11.1 Å². The van der Waals surface area contributed by atoms with Crippen molar-refractivity contribution < 1.29 is 15.3 Å². The third-order valence-corrected chi connectivity index (χ3v) is 3.64. The summed E-state index contributed by atoms with van der Waals surface area (Å²) in [5, 5.41) is 2.71. The third kappa shape index (κ3) is 5.23. The normalized spacial score (nSPS) is 13.1. The van der Waals surface area contributed by atoms with Crippen LogP contribution in [0.1, 0.15) is 11.1 Å². The van der Waals surface area contributed by atoms with Crippen molar-refractivity contribution in [3.63, 3.8) is 0 Å². The highest BCUT2D eigenvalue weighted by Crippen LogP contribution is 2.05. The molecule has 0 fully saturated rings. The lowest BCUT2D eigenvalue weighted by Gasteiger charge is -2.17. The zero-order valence-corrected chi connectivity index (χ0v) is 12.9. The summed E-state index contributed by atoms with van der Waals surface area (Å²) >= 11 is 0. The van der Waals surface area contributed by atoms with Crippen LogP contribution in [0.15, 0.2) is 60.7 Å². The molecule has 120 valence electrons. The molecule has 0 spiro atoms. The molecule has 5 heteroatoms. The van der Waals surface area contributed by atoms with Crippen LogP contribution in [0.3, 0.4) is 0 Å². The smallest absolute Gasteiger partial charge is 0.279 e. The minimum atomic E-state index is -0.732. The lowest BCUT2D eigenvalue weighted by molar-refractivity contribution is -0.403. The average Bonchev–Trinajstić information content (AvgIpc) is 2.56. The molecule has 0 aliphatic heterocycles. The monoisotopic (exact) mass is 312 g/mol. The van der Waals surface area contributed by atoms with Crippen LogP contribution in [-0.2, 0) is 22.4 Å². The van der Waals surface area contributed by atoms with Crippen LogP contribution in [0.2, 0.25) is 0 Å². The summed E-state index contributed by atoms with van der Waals surface area (Å²) in [6, 6.07) is 17.9. The Labute approximate surface area is 135 Å². The largest absolute Gasteiger partial charge is 0.368 e. The van der Waals surface area contributed by atoms with Crippen molar-refractivity contribution in [2.45, 2.75) is 24.9 Å². The first kappa shape index (κ1) is 16.7. The molecule has 23 heavy (non-hydrogen) atoms. The summed E-state index contributed by atoms with van der Waals surface area (Å²) in [4.78, 5) is 23.9. The zero-order chi connectivity index (χ0) is 16.7. The van der Waals surface area contributed by atoms with Crippen LogP contribution in [0, 0.1) is 0 Å². The van der Waals surface area contributed by atoms with Gasteiger partial charge in [-0.05, 0) is 11.1 Å². The van der Waals surface area contributed by atoms with Gasteiger partial charge in [0.1, 0.15) is 6.04 Å². The molecule has 0 unspecified atom stereocenters. The Morgan fingerprint density at radius 3 is 1.87 bits per heavy atom. The first-order chi connectivity index (χ1) is 11.1. The van der Waals surface area contributed by atoms with Gasteiger partial charge in [-0.1, -0.05) is 60.7 Å². The molecule has 0 saturated carbocycles. The Morgan fingerprint density at radius 2 is 1.39 bits per heavy atom. The van der Waals surface area contributed by atoms with E-state index in [0.717, 1.165) is 11.1 Å². The van der Waals surface area contributed by atoms with E-state index < -0.39 is 18.0 Å². The molecule has 0 aromatic heterocycles. The number of carbonyl (C=O) groups is 2. The van der Waals surface area contributed by atoms with Crippen molar-refractivity contribution in [2.24, 2.45) is 5.73 Å². The van der Waals surface area contributed by atoms with Crippen LogP contribution >= 0.6 is 0 Å². The van der Waals surface area contributed by atoms with Crippen LogP contribution in [-0.4, -0.2) is 23.9 Å². The minimum Gasteiger partial charge on any atom is -0.368 e. The van der Waals surface area contributed by atoms with Gasteiger partial charge in [-0.15, -0.1) is 0 Å². The van der Waals surface area contributed by atoms with Crippen LogP contribution in [0.5, 0.6) is 0 Å². The highest BCUT2D eigenvalue weighted by atomic mass is 16.2. The number of benzene rings is 2. The van der Waals surface area contributed by atoms with Gasteiger partial charge in [-0.25, -0.2) is 0 Å². The van der Waals surface area contributed by atoms with Crippen molar-refractivity contribution in [1.29, 1.82) is 0 Å². The van der Waals surface area contributed by atoms with E-state index in [-0.39, 0.29) is 5.91 Å². The molecular weight excluding hydrogens is 290 g/mol. The van der Waals surface area contributed by atoms with Crippen molar-refractivity contribution in [3.05, 3.63) is 71.8 Å². The molecule has 2 aromatic rings. The first-order valence-corrected chi connectivity index (χ1v) is 7.57. The van der Waals surface area contributed by atoms with Gasteiger partial charge in [0.05, 0.1) is 0 Å². The Kier molecular flexibility index (Phi) is 5.88. The second kappa shape index (κ2) is 8.10. The van der Waals surface area contributed by atoms with E-state index in [1.165, 1.54) is 0 Å². The number of quaternary nitrogens is 1. The quantitative estimate of drug-likeness (QED) is 0.673. The molecule has 0 heterocycles. The third-order valence-electron chi connectivity index (χ3n) is 3.64. The molecule has 0 radical (unpaired) electrons. The average molecular weight is 312 g/mol. The number of primary amides is 1. The molecule has 0 aliphatic carbocycles. The minimum absolute atomic E-state index is 0.270. The fourth-order valence-electron chi connectivity index (χ4n) is 2.35. The molecule has 0 aliphatic rings. The maximum absolute atomic E-state index is 12.3. The standard InChI is InChI=1S/C18H21N3O2/c19-15(11-13-7-3-1-4-8-13)18(23)21-16(17(20)22)12-14-9-5-2-6-10-14/h1-10,15-16H,11-12,19H2,(H2,20,22)(H,21,23)/p+1/t15-,16-/m1/s1. The lowest BCUT2D eigenvalue weighted by atomic mass is 10.0. The van der Waals surface area contributed by atoms with Crippen LogP contribution in [0.4, 0.5) is 0 Å². The fraction of sp³-hybridized carbons (Fsp3) is 0.222. The van der Waals surface area contributed by atoms with Gasteiger partial charge in [0.15, 0.2) is 6.04 Å². The number of rotatable bonds is 7.